The van der Waals surface area contributed by atoms with Gasteiger partial charge >= 0.3 is 0 Å². The molecule has 1 fully saturated rings. The topological polar surface area (TPSA) is 55.6 Å². The number of carbonyl (C=O) groups is 1. The van der Waals surface area contributed by atoms with E-state index in [0.29, 0.717) is 23.0 Å². The van der Waals surface area contributed by atoms with Crippen molar-refractivity contribution in [1.82, 2.24) is 4.98 Å². The number of amides is 1. The molecular weight excluding hydrogens is 384 g/mol. The lowest BCUT2D eigenvalue weighted by Gasteiger charge is -2.22. The summed E-state index contributed by atoms with van der Waals surface area (Å²) in [5, 5.41) is 1.61. The van der Waals surface area contributed by atoms with Gasteiger partial charge in [0.1, 0.15) is 5.58 Å². The van der Waals surface area contributed by atoms with E-state index in [-0.39, 0.29) is 12.0 Å². The third-order valence-electron chi connectivity index (χ3n) is 5.33. The average Bonchev–Trinajstić information content (AvgIpc) is 3.44. The maximum atomic E-state index is 13.5. The van der Waals surface area contributed by atoms with Crippen LogP contribution in [-0.2, 0) is 4.74 Å². The van der Waals surface area contributed by atoms with E-state index in [1.807, 2.05) is 30.3 Å². The number of aromatic nitrogens is 1. The largest absolute Gasteiger partial charge is 0.451 e. The lowest BCUT2D eigenvalue weighted by molar-refractivity contribution is 0.0896. The molecule has 5 rings (SSSR count). The fourth-order valence-corrected chi connectivity index (χ4v) is 4.96. The number of furan rings is 1. The summed E-state index contributed by atoms with van der Waals surface area (Å²) in [6.07, 6.45) is 2.00. The first kappa shape index (κ1) is 18.3. The van der Waals surface area contributed by atoms with E-state index in [1.54, 1.807) is 16.2 Å². The maximum absolute atomic E-state index is 13.5. The maximum Gasteiger partial charge on any atom is 0.295 e. The van der Waals surface area contributed by atoms with E-state index in [4.69, 9.17) is 14.1 Å². The second-order valence-electron chi connectivity index (χ2n) is 7.63. The highest BCUT2D eigenvalue weighted by Crippen LogP contribution is 2.34. The van der Waals surface area contributed by atoms with Crippen LogP contribution in [0.25, 0.3) is 21.2 Å². The summed E-state index contributed by atoms with van der Waals surface area (Å²) in [5.41, 5.74) is 3.99. The van der Waals surface area contributed by atoms with Crippen molar-refractivity contribution >= 4 is 43.6 Å². The summed E-state index contributed by atoms with van der Waals surface area (Å²) in [4.78, 5) is 20.0. The van der Waals surface area contributed by atoms with Crippen LogP contribution in [0.15, 0.2) is 46.9 Å². The van der Waals surface area contributed by atoms with Gasteiger partial charge in [-0.1, -0.05) is 35.6 Å². The van der Waals surface area contributed by atoms with Crippen LogP contribution in [0.1, 0.15) is 34.5 Å². The van der Waals surface area contributed by atoms with Gasteiger partial charge < -0.3 is 9.15 Å². The molecule has 2 aromatic carbocycles. The quantitative estimate of drug-likeness (QED) is 0.450. The number of benzene rings is 2. The fourth-order valence-electron chi connectivity index (χ4n) is 3.94. The predicted molar refractivity (Wildman–Crippen MR) is 116 cm³/mol. The number of aryl methyl sites for hydroxylation is 2. The number of fused-ring (bicyclic) bond motifs is 2. The van der Waals surface area contributed by atoms with Crippen LogP contribution in [0, 0.1) is 13.8 Å². The number of para-hydroxylation sites is 1. The van der Waals surface area contributed by atoms with E-state index >= 15 is 0 Å². The number of anilines is 1. The summed E-state index contributed by atoms with van der Waals surface area (Å²) < 4.78 is 12.8. The average molecular weight is 407 g/mol. The van der Waals surface area contributed by atoms with Crippen LogP contribution in [0.3, 0.4) is 0 Å². The molecule has 1 amide bonds. The molecule has 0 saturated carbocycles. The molecule has 0 spiro atoms. The number of ether oxygens (including phenoxy) is 1. The van der Waals surface area contributed by atoms with Gasteiger partial charge in [-0.2, -0.15) is 0 Å². The molecule has 1 aliphatic heterocycles. The highest BCUT2D eigenvalue weighted by atomic mass is 32.1. The minimum atomic E-state index is -0.176. The van der Waals surface area contributed by atoms with Gasteiger partial charge in [-0.3, -0.25) is 9.69 Å². The standard InChI is InChI=1S/C23H22N2O3S/c1-14-10-15(2)21-18(11-14)24-23(29-21)25(13-17-7-5-9-27-17)22(26)20-12-16-6-3-4-8-19(16)28-20/h3-4,6,8,10-12,17H,5,7,9,13H2,1-2H3/t17-/m1/s1. The monoisotopic (exact) mass is 406 g/mol. The van der Waals surface area contributed by atoms with Crippen molar-refractivity contribution in [3.8, 4) is 0 Å². The van der Waals surface area contributed by atoms with Gasteiger partial charge in [0.25, 0.3) is 5.91 Å². The van der Waals surface area contributed by atoms with Crippen molar-refractivity contribution in [2.45, 2.75) is 32.8 Å². The summed E-state index contributed by atoms with van der Waals surface area (Å²) in [5.74, 6) is 0.154. The Morgan fingerprint density at radius 1 is 1.24 bits per heavy atom. The Labute approximate surface area is 172 Å². The molecule has 0 unspecified atom stereocenters. The number of carbonyl (C=O) groups excluding carboxylic acids is 1. The Balaban J connectivity index is 1.57. The van der Waals surface area contributed by atoms with Crippen molar-refractivity contribution in [2.24, 2.45) is 0 Å². The molecule has 0 radical (unpaired) electrons. The molecule has 4 aromatic rings. The zero-order chi connectivity index (χ0) is 20.0. The molecule has 29 heavy (non-hydrogen) atoms. The number of hydrogen-bond acceptors (Lipinski definition) is 5. The highest BCUT2D eigenvalue weighted by molar-refractivity contribution is 7.22. The summed E-state index contributed by atoms with van der Waals surface area (Å²) >= 11 is 1.55. The molecule has 0 N–H and O–H groups in total. The second kappa shape index (κ2) is 7.28. The molecule has 0 bridgehead atoms. The van der Waals surface area contributed by atoms with Gasteiger partial charge in [-0.25, -0.2) is 4.98 Å². The smallest absolute Gasteiger partial charge is 0.295 e. The first-order chi connectivity index (χ1) is 14.1. The molecule has 148 valence electrons. The minimum Gasteiger partial charge on any atom is -0.451 e. The van der Waals surface area contributed by atoms with Gasteiger partial charge in [0.2, 0.25) is 0 Å². The summed E-state index contributed by atoms with van der Waals surface area (Å²) in [6.45, 7) is 5.38. The van der Waals surface area contributed by atoms with Crippen molar-refractivity contribution in [3.05, 3.63) is 59.4 Å². The Morgan fingerprint density at radius 3 is 2.90 bits per heavy atom. The Bertz CT molecular complexity index is 1170. The Morgan fingerprint density at radius 2 is 2.10 bits per heavy atom. The van der Waals surface area contributed by atoms with E-state index in [2.05, 4.69) is 26.0 Å². The third kappa shape index (κ3) is 3.43. The highest BCUT2D eigenvalue weighted by Gasteiger charge is 2.29. The Kier molecular flexibility index (Phi) is 4.60. The predicted octanol–water partition coefficient (Wildman–Crippen LogP) is 5.49. The molecule has 1 aliphatic rings. The van der Waals surface area contributed by atoms with Crippen LogP contribution in [-0.4, -0.2) is 30.1 Å². The summed E-state index contributed by atoms with van der Waals surface area (Å²) in [7, 11) is 0. The SMILES string of the molecule is Cc1cc(C)c2sc(N(C[C@H]3CCCO3)C(=O)c3cc4ccccc4o3)nc2c1. The lowest BCUT2D eigenvalue weighted by Crippen LogP contribution is -2.37. The first-order valence-corrected chi connectivity index (χ1v) is 10.7. The van der Waals surface area contributed by atoms with Crippen molar-refractivity contribution in [2.75, 3.05) is 18.1 Å². The number of nitrogens with zero attached hydrogens (tertiary/aromatic N) is 2. The van der Waals surface area contributed by atoms with Crippen molar-refractivity contribution in [3.63, 3.8) is 0 Å². The first-order valence-electron chi connectivity index (χ1n) is 9.88. The molecule has 2 aromatic heterocycles. The molecule has 0 aliphatic carbocycles. The van der Waals surface area contributed by atoms with Gasteiger partial charge in [0.15, 0.2) is 10.9 Å². The number of thiazole rings is 1. The van der Waals surface area contributed by atoms with E-state index in [1.165, 1.54) is 11.1 Å². The number of rotatable bonds is 4. The zero-order valence-corrected chi connectivity index (χ0v) is 17.3. The van der Waals surface area contributed by atoms with E-state index in [0.717, 1.165) is 35.1 Å². The van der Waals surface area contributed by atoms with E-state index in [9.17, 15) is 4.79 Å². The zero-order valence-electron chi connectivity index (χ0n) is 16.5. The fraction of sp³-hybridized carbons (Fsp3) is 0.304. The number of hydrogen-bond donors (Lipinski definition) is 0. The normalized spacial score (nSPS) is 16.7. The molecule has 6 heteroatoms. The van der Waals surface area contributed by atoms with Crippen LogP contribution in [0.2, 0.25) is 0 Å². The molecule has 5 nitrogen and oxygen atoms in total. The van der Waals surface area contributed by atoms with E-state index < -0.39 is 0 Å². The Hall–Kier alpha value is -2.70. The second-order valence-corrected chi connectivity index (χ2v) is 8.60. The third-order valence-corrected chi connectivity index (χ3v) is 6.56. The summed E-state index contributed by atoms with van der Waals surface area (Å²) in [6, 6.07) is 13.7. The van der Waals surface area contributed by atoms with Crippen molar-refractivity contribution < 1.29 is 13.9 Å². The van der Waals surface area contributed by atoms with Crippen LogP contribution >= 0.6 is 11.3 Å². The molecule has 1 atom stereocenters. The van der Waals surface area contributed by atoms with Gasteiger partial charge in [0, 0.05) is 12.0 Å². The van der Waals surface area contributed by atoms with Gasteiger partial charge in [-0.05, 0) is 56.0 Å². The van der Waals surface area contributed by atoms with Crippen LogP contribution in [0.5, 0.6) is 0 Å². The van der Waals surface area contributed by atoms with Gasteiger partial charge in [0.05, 0.1) is 22.9 Å². The lowest BCUT2D eigenvalue weighted by atomic mass is 10.1. The van der Waals surface area contributed by atoms with Gasteiger partial charge in [-0.15, -0.1) is 0 Å². The minimum absolute atomic E-state index is 0.0261. The van der Waals surface area contributed by atoms with Crippen LogP contribution in [0.4, 0.5) is 5.13 Å². The van der Waals surface area contributed by atoms with Crippen LogP contribution < -0.4 is 4.90 Å². The molecular formula is C23H22N2O3S. The molecule has 1 saturated heterocycles. The van der Waals surface area contributed by atoms with Crippen molar-refractivity contribution in [1.29, 1.82) is 0 Å². The molecule has 3 heterocycles.